The van der Waals surface area contributed by atoms with Crippen LogP contribution in [0.2, 0.25) is 0 Å². The van der Waals surface area contributed by atoms with Crippen LogP contribution in [-0.4, -0.2) is 29.1 Å². The van der Waals surface area contributed by atoms with Crippen molar-refractivity contribution < 1.29 is 0 Å². The zero-order valence-corrected chi connectivity index (χ0v) is 10.7. The summed E-state index contributed by atoms with van der Waals surface area (Å²) >= 11 is 2.00. The monoisotopic (exact) mass is 213 g/mol. The summed E-state index contributed by atoms with van der Waals surface area (Å²) in [4.78, 5) is 2.75. The third-order valence-corrected chi connectivity index (χ3v) is 5.07. The highest BCUT2D eigenvalue weighted by molar-refractivity contribution is 7.99. The second kappa shape index (κ2) is 3.71. The van der Waals surface area contributed by atoms with Crippen molar-refractivity contribution in [1.29, 1.82) is 0 Å². The van der Waals surface area contributed by atoms with E-state index in [0.717, 1.165) is 17.4 Å². The van der Waals surface area contributed by atoms with Gasteiger partial charge in [-0.25, -0.2) is 0 Å². The third kappa shape index (κ3) is 1.83. The van der Waals surface area contributed by atoms with Crippen LogP contribution in [0.4, 0.5) is 0 Å². The Hall–Kier alpha value is 0.310. The molecular formula is C12H23NS. The molecule has 1 aliphatic carbocycles. The number of rotatable bonds is 3. The molecule has 0 aromatic heterocycles. The summed E-state index contributed by atoms with van der Waals surface area (Å²) in [5.41, 5.74) is 0.763. The van der Waals surface area contributed by atoms with E-state index in [-0.39, 0.29) is 0 Å². The normalized spacial score (nSPS) is 32.8. The minimum Gasteiger partial charge on any atom is -0.288 e. The topological polar surface area (TPSA) is 3.24 Å². The van der Waals surface area contributed by atoms with Crippen LogP contribution in [-0.2, 0) is 0 Å². The van der Waals surface area contributed by atoms with Gasteiger partial charge in [0.05, 0.1) is 5.37 Å². The molecule has 2 unspecified atom stereocenters. The van der Waals surface area contributed by atoms with Gasteiger partial charge in [-0.1, -0.05) is 13.8 Å². The lowest BCUT2D eigenvalue weighted by Gasteiger charge is -2.31. The summed E-state index contributed by atoms with van der Waals surface area (Å²) in [6.07, 6.45) is 6.69. The Kier molecular flexibility index (Phi) is 2.87. The van der Waals surface area contributed by atoms with E-state index in [9.17, 15) is 0 Å². The molecule has 14 heavy (non-hydrogen) atoms. The molecule has 1 spiro atoms. The van der Waals surface area contributed by atoms with Gasteiger partial charge in [-0.2, -0.15) is 0 Å². The molecule has 0 bridgehead atoms. The minimum absolute atomic E-state index is 0.711. The predicted octanol–water partition coefficient (Wildman–Crippen LogP) is 3.21. The molecule has 0 radical (unpaired) electrons. The summed E-state index contributed by atoms with van der Waals surface area (Å²) in [5.74, 6) is 0.824. The Balaban J connectivity index is 2.06. The Labute approximate surface area is 92.6 Å². The average Bonchev–Trinajstić information content (AvgIpc) is 2.76. The van der Waals surface area contributed by atoms with Gasteiger partial charge in [-0.15, -0.1) is 11.8 Å². The van der Waals surface area contributed by atoms with Crippen molar-refractivity contribution in [3.8, 4) is 0 Å². The second-order valence-corrected chi connectivity index (χ2v) is 6.68. The fraction of sp³-hybridized carbons (Fsp3) is 1.00. The largest absolute Gasteiger partial charge is 0.288 e. The lowest BCUT2D eigenvalue weighted by Crippen LogP contribution is -2.38. The third-order valence-electron chi connectivity index (χ3n) is 4.12. The Morgan fingerprint density at radius 1 is 1.29 bits per heavy atom. The van der Waals surface area contributed by atoms with Crippen molar-refractivity contribution in [3.63, 3.8) is 0 Å². The van der Waals surface area contributed by atoms with Gasteiger partial charge >= 0.3 is 0 Å². The van der Waals surface area contributed by atoms with Crippen LogP contribution in [0.15, 0.2) is 0 Å². The van der Waals surface area contributed by atoms with Gasteiger partial charge in [0.1, 0.15) is 0 Å². The molecule has 2 rings (SSSR count). The molecule has 2 heteroatoms. The maximum atomic E-state index is 2.75. The summed E-state index contributed by atoms with van der Waals surface area (Å²) in [7, 11) is 0. The van der Waals surface area contributed by atoms with Crippen molar-refractivity contribution in [2.75, 3.05) is 12.8 Å². The molecule has 1 heterocycles. The summed E-state index contributed by atoms with van der Waals surface area (Å²) < 4.78 is 0. The van der Waals surface area contributed by atoms with Crippen LogP contribution < -0.4 is 0 Å². The van der Waals surface area contributed by atoms with Crippen LogP contribution in [0.25, 0.3) is 0 Å². The predicted molar refractivity (Wildman–Crippen MR) is 64.6 cm³/mol. The van der Waals surface area contributed by atoms with Crippen LogP contribution in [0, 0.1) is 11.3 Å². The molecule has 2 atom stereocenters. The highest BCUT2D eigenvalue weighted by atomic mass is 32.2. The lowest BCUT2D eigenvalue weighted by atomic mass is 9.96. The molecule has 1 aliphatic heterocycles. The fourth-order valence-electron chi connectivity index (χ4n) is 2.82. The number of hydrogen-bond donors (Lipinski definition) is 0. The Bertz CT molecular complexity index is 210. The summed E-state index contributed by atoms with van der Waals surface area (Å²) in [6, 6.07) is 0.847. The van der Waals surface area contributed by atoms with Crippen LogP contribution in [0.5, 0.6) is 0 Å². The standard InChI is InChI=1S/C12H23NS/c1-9(2)11-7-12(5-6-12)8-13(11)10(3)14-4/h9-11H,5-8H2,1-4H3. The van der Waals surface area contributed by atoms with E-state index in [4.69, 9.17) is 0 Å². The van der Waals surface area contributed by atoms with E-state index in [1.165, 1.54) is 25.8 Å². The first-order valence-corrected chi connectivity index (χ1v) is 7.15. The molecule has 0 N–H and O–H groups in total. The Morgan fingerprint density at radius 3 is 2.36 bits per heavy atom. The summed E-state index contributed by atoms with van der Waals surface area (Å²) in [6.45, 7) is 8.50. The zero-order valence-electron chi connectivity index (χ0n) is 9.92. The number of thioether (sulfide) groups is 1. The second-order valence-electron chi connectivity index (χ2n) is 5.52. The quantitative estimate of drug-likeness (QED) is 0.708. The molecular weight excluding hydrogens is 190 g/mol. The minimum atomic E-state index is 0.711. The smallest absolute Gasteiger partial charge is 0.0528 e. The van der Waals surface area contributed by atoms with Crippen LogP contribution in [0.3, 0.4) is 0 Å². The molecule has 0 aromatic rings. The van der Waals surface area contributed by atoms with E-state index < -0.39 is 0 Å². The van der Waals surface area contributed by atoms with Gasteiger partial charge < -0.3 is 0 Å². The van der Waals surface area contributed by atoms with Crippen LogP contribution >= 0.6 is 11.8 Å². The molecule has 82 valence electrons. The van der Waals surface area contributed by atoms with Gasteiger partial charge in [0.25, 0.3) is 0 Å². The number of nitrogens with zero attached hydrogens (tertiary/aromatic N) is 1. The zero-order chi connectivity index (χ0) is 10.3. The van der Waals surface area contributed by atoms with E-state index in [0.29, 0.717) is 5.37 Å². The number of hydrogen-bond acceptors (Lipinski definition) is 2. The van der Waals surface area contributed by atoms with Gasteiger partial charge in [0.2, 0.25) is 0 Å². The molecule has 1 saturated heterocycles. The molecule has 1 saturated carbocycles. The van der Waals surface area contributed by atoms with E-state index in [2.05, 4.69) is 31.9 Å². The van der Waals surface area contributed by atoms with Crippen molar-refractivity contribution in [2.45, 2.75) is 51.4 Å². The van der Waals surface area contributed by atoms with Crippen molar-refractivity contribution >= 4 is 11.8 Å². The van der Waals surface area contributed by atoms with Crippen molar-refractivity contribution in [2.24, 2.45) is 11.3 Å². The van der Waals surface area contributed by atoms with E-state index in [1.54, 1.807) is 0 Å². The van der Waals surface area contributed by atoms with E-state index >= 15 is 0 Å². The van der Waals surface area contributed by atoms with Gasteiger partial charge in [0, 0.05) is 12.6 Å². The first-order valence-electron chi connectivity index (χ1n) is 5.86. The SMILES string of the molecule is CSC(C)N1CC2(CC2)CC1C(C)C. The van der Waals surface area contributed by atoms with E-state index in [1.807, 2.05) is 11.8 Å². The molecule has 0 aromatic carbocycles. The van der Waals surface area contributed by atoms with Gasteiger partial charge in [0.15, 0.2) is 0 Å². The molecule has 2 fully saturated rings. The summed E-state index contributed by atoms with van der Waals surface area (Å²) in [5, 5.41) is 0.711. The van der Waals surface area contributed by atoms with Gasteiger partial charge in [-0.05, 0) is 43.8 Å². The maximum absolute atomic E-state index is 2.75. The lowest BCUT2D eigenvalue weighted by molar-refractivity contribution is 0.199. The fourth-order valence-corrected chi connectivity index (χ4v) is 3.32. The Morgan fingerprint density at radius 2 is 1.93 bits per heavy atom. The highest BCUT2D eigenvalue weighted by Gasteiger charge is 2.53. The van der Waals surface area contributed by atoms with Crippen molar-refractivity contribution in [3.05, 3.63) is 0 Å². The first-order chi connectivity index (χ1) is 6.58. The van der Waals surface area contributed by atoms with Crippen molar-refractivity contribution in [1.82, 2.24) is 4.90 Å². The first kappa shape index (κ1) is 10.8. The average molecular weight is 213 g/mol. The molecule has 0 amide bonds. The van der Waals surface area contributed by atoms with Crippen LogP contribution in [0.1, 0.15) is 40.0 Å². The molecule has 2 aliphatic rings. The highest BCUT2D eigenvalue weighted by Crippen LogP contribution is 2.56. The maximum Gasteiger partial charge on any atom is 0.0528 e. The number of likely N-dealkylation sites (tertiary alicyclic amines) is 1. The molecule has 1 nitrogen and oxygen atoms in total. The van der Waals surface area contributed by atoms with Gasteiger partial charge in [-0.3, -0.25) is 4.90 Å².